The number of benzene rings is 2. The van der Waals surface area contributed by atoms with Crippen LogP contribution in [0.2, 0.25) is 0 Å². The van der Waals surface area contributed by atoms with Crippen LogP contribution in [0.1, 0.15) is 23.5 Å². The standard InChI is InChI=1S/C25H25N5O4/c1-16-8-10-18(11-9-16)30-22(14-17(2)28-30)27-23(31)15-34-24(32)13-12-21-26-20-7-5-4-6-19(20)25(33)29(21)3/h4-11,14H,12-13,15H2,1-3H3,(H,27,31). The van der Waals surface area contributed by atoms with E-state index in [1.807, 2.05) is 38.1 Å². The summed E-state index contributed by atoms with van der Waals surface area (Å²) in [4.78, 5) is 41.6. The number of hydrogen-bond acceptors (Lipinski definition) is 6. The van der Waals surface area contributed by atoms with Crippen molar-refractivity contribution in [2.45, 2.75) is 26.7 Å². The summed E-state index contributed by atoms with van der Waals surface area (Å²) in [6, 6.07) is 16.5. The van der Waals surface area contributed by atoms with Crippen molar-refractivity contribution in [1.82, 2.24) is 19.3 Å². The van der Waals surface area contributed by atoms with Gasteiger partial charge in [-0.2, -0.15) is 5.10 Å². The smallest absolute Gasteiger partial charge is 0.306 e. The third kappa shape index (κ3) is 5.03. The summed E-state index contributed by atoms with van der Waals surface area (Å²) in [6.07, 6.45) is 0.211. The number of esters is 1. The van der Waals surface area contributed by atoms with E-state index >= 15 is 0 Å². The van der Waals surface area contributed by atoms with Gasteiger partial charge in [0.2, 0.25) is 0 Å². The van der Waals surface area contributed by atoms with Crippen molar-refractivity contribution in [2.75, 3.05) is 11.9 Å². The molecule has 0 saturated carbocycles. The van der Waals surface area contributed by atoms with Crippen LogP contribution in [-0.4, -0.2) is 37.8 Å². The molecule has 0 aliphatic heterocycles. The Bertz CT molecular complexity index is 1420. The van der Waals surface area contributed by atoms with Crippen LogP contribution in [0.25, 0.3) is 16.6 Å². The molecule has 0 bridgehead atoms. The number of fused-ring (bicyclic) bond motifs is 1. The highest BCUT2D eigenvalue weighted by Gasteiger charge is 2.14. The molecule has 0 saturated heterocycles. The van der Waals surface area contributed by atoms with Gasteiger partial charge in [-0.05, 0) is 38.1 Å². The summed E-state index contributed by atoms with van der Waals surface area (Å²) in [5.41, 5.74) is 3.06. The molecule has 4 rings (SSSR count). The molecule has 0 aliphatic carbocycles. The van der Waals surface area contributed by atoms with Crippen molar-refractivity contribution in [3.63, 3.8) is 0 Å². The number of carbonyl (C=O) groups excluding carboxylic acids is 2. The summed E-state index contributed by atoms with van der Waals surface area (Å²) >= 11 is 0. The maximum absolute atomic E-state index is 12.5. The number of amides is 1. The van der Waals surface area contributed by atoms with Gasteiger partial charge in [0, 0.05) is 19.5 Å². The van der Waals surface area contributed by atoms with E-state index < -0.39 is 18.5 Å². The van der Waals surface area contributed by atoms with Gasteiger partial charge in [-0.15, -0.1) is 0 Å². The molecular weight excluding hydrogens is 434 g/mol. The van der Waals surface area contributed by atoms with E-state index in [9.17, 15) is 14.4 Å². The molecule has 9 nitrogen and oxygen atoms in total. The number of hydrogen-bond donors (Lipinski definition) is 1. The van der Waals surface area contributed by atoms with Gasteiger partial charge >= 0.3 is 5.97 Å². The minimum atomic E-state index is -0.555. The second kappa shape index (κ2) is 9.70. The largest absolute Gasteiger partial charge is 0.456 e. The zero-order valence-electron chi connectivity index (χ0n) is 19.2. The average molecular weight is 460 g/mol. The summed E-state index contributed by atoms with van der Waals surface area (Å²) in [7, 11) is 1.62. The lowest BCUT2D eigenvalue weighted by Gasteiger charge is -2.10. The fraction of sp³-hybridized carbons (Fsp3) is 0.240. The van der Waals surface area contributed by atoms with Crippen molar-refractivity contribution in [1.29, 1.82) is 0 Å². The van der Waals surface area contributed by atoms with Gasteiger partial charge in [0.15, 0.2) is 6.61 Å². The summed E-state index contributed by atoms with van der Waals surface area (Å²) < 4.78 is 8.18. The maximum atomic E-state index is 12.5. The van der Waals surface area contributed by atoms with Crippen LogP contribution in [0.5, 0.6) is 0 Å². The Labute approximate surface area is 196 Å². The van der Waals surface area contributed by atoms with Crippen LogP contribution in [0.4, 0.5) is 5.82 Å². The molecule has 2 aromatic heterocycles. The highest BCUT2D eigenvalue weighted by atomic mass is 16.5. The molecule has 1 amide bonds. The molecule has 9 heteroatoms. The Morgan fingerprint density at radius 2 is 1.79 bits per heavy atom. The lowest BCUT2D eigenvalue weighted by atomic mass is 10.2. The molecule has 1 N–H and O–H groups in total. The van der Waals surface area contributed by atoms with Gasteiger partial charge in [0.1, 0.15) is 11.6 Å². The Balaban J connectivity index is 1.34. The number of ether oxygens (including phenoxy) is 1. The fourth-order valence-corrected chi connectivity index (χ4v) is 3.57. The Hall–Kier alpha value is -4.27. The van der Waals surface area contributed by atoms with Crippen LogP contribution in [-0.2, 0) is 27.8 Å². The zero-order valence-corrected chi connectivity index (χ0v) is 19.2. The van der Waals surface area contributed by atoms with E-state index in [1.54, 1.807) is 42.1 Å². The van der Waals surface area contributed by atoms with Crippen LogP contribution >= 0.6 is 0 Å². The van der Waals surface area contributed by atoms with E-state index in [0.29, 0.717) is 22.5 Å². The van der Waals surface area contributed by atoms with E-state index in [0.717, 1.165) is 16.9 Å². The normalized spacial score (nSPS) is 10.9. The Morgan fingerprint density at radius 3 is 2.56 bits per heavy atom. The number of aromatic nitrogens is 4. The molecule has 0 unspecified atom stereocenters. The SMILES string of the molecule is Cc1ccc(-n2nc(C)cc2NC(=O)COC(=O)CCc2nc3ccccc3c(=O)n2C)cc1. The first kappa shape index (κ1) is 22.9. The highest BCUT2D eigenvalue weighted by Crippen LogP contribution is 2.17. The van der Waals surface area contributed by atoms with Crippen LogP contribution in [0, 0.1) is 13.8 Å². The van der Waals surface area contributed by atoms with Crippen molar-refractivity contribution in [3.05, 3.63) is 82.0 Å². The lowest BCUT2D eigenvalue weighted by molar-refractivity contribution is -0.147. The number of nitrogens with one attached hydrogen (secondary N) is 1. The number of carbonyl (C=O) groups is 2. The molecule has 2 heterocycles. The van der Waals surface area contributed by atoms with Gasteiger partial charge in [0.05, 0.1) is 28.7 Å². The summed E-state index contributed by atoms with van der Waals surface area (Å²) in [5.74, 6) is -0.0704. The molecule has 0 atom stereocenters. The quantitative estimate of drug-likeness (QED) is 0.426. The van der Waals surface area contributed by atoms with E-state index in [2.05, 4.69) is 15.4 Å². The number of nitrogens with zero attached hydrogens (tertiary/aromatic N) is 4. The van der Waals surface area contributed by atoms with Crippen LogP contribution in [0.15, 0.2) is 59.4 Å². The van der Waals surface area contributed by atoms with Gasteiger partial charge in [0.25, 0.3) is 11.5 Å². The topological polar surface area (TPSA) is 108 Å². The second-order valence-corrected chi connectivity index (χ2v) is 8.04. The highest BCUT2D eigenvalue weighted by molar-refractivity contribution is 5.92. The summed E-state index contributed by atoms with van der Waals surface area (Å²) in [6.45, 7) is 3.39. The molecule has 0 fully saturated rings. The van der Waals surface area contributed by atoms with Crippen LogP contribution < -0.4 is 10.9 Å². The van der Waals surface area contributed by atoms with Crippen molar-refractivity contribution in [2.24, 2.45) is 7.05 Å². The molecule has 0 aliphatic rings. The minimum Gasteiger partial charge on any atom is -0.456 e. The van der Waals surface area contributed by atoms with Crippen molar-refractivity contribution < 1.29 is 14.3 Å². The number of para-hydroxylation sites is 1. The molecule has 34 heavy (non-hydrogen) atoms. The third-order valence-corrected chi connectivity index (χ3v) is 5.37. The monoisotopic (exact) mass is 459 g/mol. The first-order valence-electron chi connectivity index (χ1n) is 10.9. The Morgan fingerprint density at radius 1 is 1.06 bits per heavy atom. The fourth-order valence-electron chi connectivity index (χ4n) is 3.57. The predicted molar refractivity (Wildman–Crippen MR) is 128 cm³/mol. The molecule has 0 radical (unpaired) electrons. The first-order valence-corrected chi connectivity index (χ1v) is 10.9. The zero-order chi connectivity index (χ0) is 24.2. The number of aryl methyl sites for hydroxylation is 3. The van der Waals surface area contributed by atoms with Crippen LogP contribution in [0.3, 0.4) is 0 Å². The molecule has 4 aromatic rings. The third-order valence-electron chi connectivity index (χ3n) is 5.37. The van der Waals surface area contributed by atoms with E-state index in [-0.39, 0.29) is 18.4 Å². The first-order chi connectivity index (χ1) is 16.3. The van der Waals surface area contributed by atoms with Gasteiger partial charge in [-0.25, -0.2) is 9.67 Å². The second-order valence-electron chi connectivity index (χ2n) is 8.04. The lowest BCUT2D eigenvalue weighted by Crippen LogP contribution is -2.24. The van der Waals surface area contributed by atoms with Crippen molar-refractivity contribution in [3.8, 4) is 5.69 Å². The Kier molecular flexibility index (Phi) is 6.53. The minimum absolute atomic E-state index is 0.00763. The van der Waals surface area contributed by atoms with E-state index in [4.69, 9.17) is 4.74 Å². The molecule has 0 spiro atoms. The van der Waals surface area contributed by atoms with Gasteiger partial charge in [-0.1, -0.05) is 29.8 Å². The summed E-state index contributed by atoms with van der Waals surface area (Å²) in [5, 5.41) is 7.68. The van der Waals surface area contributed by atoms with Crippen molar-refractivity contribution >= 4 is 28.6 Å². The molecular formula is C25H25N5O4. The maximum Gasteiger partial charge on any atom is 0.306 e. The van der Waals surface area contributed by atoms with Gasteiger partial charge < -0.3 is 10.1 Å². The number of rotatable bonds is 7. The molecule has 2 aromatic carbocycles. The van der Waals surface area contributed by atoms with Gasteiger partial charge in [-0.3, -0.25) is 19.0 Å². The average Bonchev–Trinajstić information content (AvgIpc) is 3.19. The molecule has 174 valence electrons. The predicted octanol–water partition coefficient (Wildman–Crippen LogP) is 2.85. The number of anilines is 1. The van der Waals surface area contributed by atoms with E-state index in [1.165, 1.54) is 4.57 Å².